The first-order chi connectivity index (χ1) is 12.8. The number of rotatable bonds is 2. The molecule has 2 aromatic carbocycles. The SMILES string of the molecule is Oc1ccc2c3ccccc3n(-c3ccc(-c4ccccn4)cn3)c2c1. The molecule has 5 aromatic rings. The van der Waals surface area contributed by atoms with Gasteiger partial charge >= 0.3 is 0 Å². The highest BCUT2D eigenvalue weighted by atomic mass is 16.3. The molecule has 0 aliphatic rings. The third kappa shape index (κ3) is 2.24. The monoisotopic (exact) mass is 337 g/mol. The van der Waals surface area contributed by atoms with Gasteiger partial charge in [-0.1, -0.05) is 24.3 Å². The van der Waals surface area contributed by atoms with Gasteiger partial charge in [0.25, 0.3) is 0 Å². The van der Waals surface area contributed by atoms with Gasteiger partial charge in [-0.25, -0.2) is 4.98 Å². The second kappa shape index (κ2) is 5.70. The number of pyridine rings is 2. The molecule has 26 heavy (non-hydrogen) atoms. The number of aromatic hydroxyl groups is 1. The van der Waals surface area contributed by atoms with Gasteiger partial charge in [0.1, 0.15) is 11.6 Å². The first-order valence-corrected chi connectivity index (χ1v) is 8.41. The Labute approximate surface area is 150 Å². The van der Waals surface area contributed by atoms with E-state index < -0.39 is 0 Å². The maximum absolute atomic E-state index is 9.98. The summed E-state index contributed by atoms with van der Waals surface area (Å²) < 4.78 is 2.08. The molecule has 3 aromatic heterocycles. The smallest absolute Gasteiger partial charge is 0.137 e. The molecule has 0 aliphatic heterocycles. The molecule has 4 nitrogen and oxygen atoms in total. The van der Waals surface area contributed by atoms with Gasteiger partial charge < -0.3 is 5.11 Å². The van der Waals surface area contributed by atoms with Crippen LogP contribution in [0.15, 0.2) is 85.2 Å². The van der Waals surface area contributed by atoms with E-state index in [-0.39, 0.29) is 5.75 Å². The van der Waals surface area contributed by atoms with E-state index >= 15 is 0 Å². The number of para-hydroxylation sites is 1. The lowest BCUT2D eigenvalue weighted by Crippen LogP contribution is -1.97. The Morgan fingerprint density at radius 2 is 1.58 bits per heavy atom. The molecule has 3 heterocycles. The van der Waals surface area contributed by atoms with Crippen molar-refractivity contribution in [3.8, 4) is 22.8 Å². The number of hydrogen-bond acceptors (Lipinski definition) is 3. The lowest BCUT2D eigenvalue weighted by atomic mass is 10.1. The summed E-state index contributed by atoms with van der Waals surface area (Å²) >= 11 is 0. The minimum absolute atomic E-state index is 0.242. The van der Waals surface area contributed by atoms with Crippen LogP contribution in [0, 0.1) is 0 Å². The average molecular weight is 337 g/mol. The van der Waals surface area contributed by atoms with Crippen molar-refractivity contribution in [2.45, 2.75) is 0 Å². The molecule has 0 fully saturated rings. The van der Waals surface area contributed by atoms with Crippen LogP contribution < -0.4 is 0 Å². The quantitative estimate of drug-likeness (QED) is 0.496. The predicted molar refractivity (Wildman–Crippen MR) is 103 cm³/mol. The molecule has 124 valence electrons. The maximum atomic E-state index is 9.98. The number of aromatic nitrogens is 3. The second-order valence-corrected chi connectivity index (χ2v) is 6.17. The van der Waals surface area contributed by atoms with Crippen LogP contribution in [0.3, 0.4) is 0 Å². The lowest BCUT2D eigenvalue weighted by molar-refractivity contribution is 0.476. The molecule has 0 aliphatic carbocycles. The molecule has 0 saturated carbocycles. The van der Waals surface area contributed by atoms with E-state index in [0.717, 1.165) is 38.9 Å². The number of fused-ring (bicyclic) bond motifs is 3. The zero-order chi connectivity index (χ0) is 17.5. The fraction of sp³-hybridized carbons (Fsp3) is 0. The average Bonchev–Trinajstić information content (AvgIpc) is 3.02. The van der Waals surface area contributed by atoms with E-state index in [2.05, 4.69) is 26.7 Å². The van der Waals surface area contributed by atoms with Crippen molar-refractivity contribution in [3.05, 3.63) is 85.2 Å². The van der Waals surface area contributed by atoms with Crippen LogP contribution in [0.2, 0.25) is 0 Å². The van der Waals surface area contributed by atoms with Crippen molar-refractivity contribution in [2.75, 3.05) is 0 Å². The largest absolute Gasteiger partial charge is 0.508 e. The molecule has 4 heteroatoms. The first kappa shape index (κ1) is 14.7. The minimum Gasteiger partial charge on any atom is -0.508 e. The van der Waals surface area contributed by atoms with Crippen LogP contribution in [0.5, 0.6) is 5.75 Å². The Balaban J connectivity index is 1.74. The van der Waals surface area contributed by atoms with Crippen molar-refractivity contribution >= 4 is 21.8 Å². The summed E-state index contributed by atoms with van der Waals surface area (Å²) in [4.78, 5) is 9.04. The Bertz CT molecular complexity index is 1230. The summed E-state index contributed by atoms with van der Waals surface area (Å²) in [5.41, 5.74) is 3.86. The van der Waals surface area contributed by atoms with Crippen molar-refractivity contribution < 1.29 is 5.11 Å². The third-order valence-corrected chi connectivity index (χ3v) is 4.59. The van der Waals surface area contributed by atoms with Gasteiger partial charge in [-0.15, -0.1) is 0 Å². The second-order valence-electron chi connectivity index (χ2n) is 6.17. The van der Waals surface area contributed by atoms with Crippen molar-refractivity contribution in [3.63, 3.8) is 0 Å². The standard InChI is InChI=1S/C22H15N3O/c26-16-9-10-18-17-5-1-2-7-20(17)25(21(18)13-16)22-11-8-15(14-24-22)19-6-3-4-12-23-19/h1-14,26H. The number of phenols is 1. The fourth-order valence-electron chi connectivity index (χ4n) is 3.41. The van der Waals surface area contributed by atoms with Gasteiger partial charge in [0, 0.05) is 34.8 Å². The molecular formula is C22H15N3O. The van der Waals surface area contributed by atoms with E-state index in [9.17, 15) is 5.11 Å². The van der Waals surface area contributed by atoms with Crippen LogP contribution in [-0.2, 0) is 0 Å². The highest BCUT2D eigenvalue weighted by Gasteiger charge is 2.13. The Kier molecular flexibility index (Phi) is 3.22. The minimum atomic E-state index is 0.242. The zero-order valence-electron chi connectivity index (χ0n) is 13.9. The summed E-state index contributed by atoms with van der Waals surface area (Å²) in [5.74, 6) is 1.05. The highest BCUT2D eigenvalue weighted by molar-refractivity contribution is 6.09. The van der Waals surface area contributed by atoms with Gasteiger partial charge in [-0.05, 0) is 42.5 Å². The topological polar surface area (TPSA) is 50.9 Å². The van der Waals surface area contributed by atoms with E-state index in [4.69, 9.17) is 0 Å². The van der Waals surface area contributed by atoms with Gasteiger partial charge in [0.2, 0.25) is 0 Å². The molecule has 0 bridgehead atoms. The summed E-state index contributed by atoms with van der Waals surface area (Å²) in [6.45, 7) is 0. The van der Waals surface area contributed by atoms with Crippen LogP contribution in [-0.4, -0.2) is 19.6 Å². The molecule has 0 spiro atoms. The van der Waals surface area contributed by atoms with E-state index in [1.165, 1.54) is 0 Å². The molecule has 0 unspecified atom stereocenters. The van der Waals surface area contributed by atoms with Gasteiger partial charge in [0.05, 0.1) is 16.7 Å². The van der Waals surface area contributed by atoms with Gasteiger partial charge in [-0.3, -0.25) is 9.55 Å². The highest BCUT2D eigenvalue weighted by Crippen LogP contribution is 2.33. The van der Waals surface area contributed by atoms with Crippen LogP contribution in [0.4, 0.5) is 0 Å². The van der Waals surface area contributed by atoms with E-state index in [0.29, 0.717) is 0 Å². The molecule has 5 rings (SSSR count). The first-order valence-electron chi connectivity index (χ1n) is 8.41. The summed E-state index contributed by atoms with van der Waals surface area (Å²) in [5, 5.41) is 12.2. The third-order valence-electron chi connectivity index (χ3n) is 4.59. The molecule has 0 atom stereocenters. The van der Waals surface area contributed by atoms with Crippen molar-refractivity contribution in [2.24, 2.45) is 0 Å². The number of nitrogens with zero attached hydrogens (tertiary/aromatic N) is 3. The summed E-state index contributed by atoms with van der Waals surface area (Å²) in [6.07, 6.45) is 3.61. The normalized spacial score (nSPS) is 11.2. The van der Waals surface area contributed by atoms with Gasteiger partial charge in [0.15, 0.2) is 0 Å². The van der Waals surface area contributed by atoms with E-state index in [1.807, 2.05) is 54.7 Å². The van der Waals surface area contributed by atoms with Crippen molar-refractivity contribution in [1.29, 1.82) is 0 Å². The lowest BCUT2D eigenvalue weighted by Gasteiger charge is -2.08. The molecule has 1 N–H and O–H groups in total. The molecule has 0 radical (unpaired) electrons. The summed E-state index contributed by atoms with van der Waals surface area (Å²) in [7, 11) is 0. The molecule has 0 saturated heterocycles. The van der Waals surface area contributed by atoms with Crippen LogP contribution >= 0.6 is 0 Å². The number of hydrogen-bond donors (Lipinski definition) is 1. The maximum Gasteiger partial charge on any atom is 0.137 e. The zero-order valence-corrected chi connectivity index (χ0v) is 13.9. The molecular weight excluding hydrogens is 322 g/mol. The van der Waals surface area contributed by atoms with E-state index in [1.54, 1.807) is 18.3 Å². The summed E-state index contributed by atoms with van der Waals surface area (Å²) in [6, 6.07) is 23.5. The van der Waals surface area contributed by atoms with Crippen LogP contribution in [0.1, 0.15) is 0 Å². The predicted octanol–water partition coefficient (Wildman–Crippen LogP) is 4.95. The number of benzene rings is 2. The van der Waals surface area contributed by atoms with Crippen LogP contribution in [0.25, 0.3) is 38.9 Å². The Morgan fingerprint density at radius 3 is 2.38 bits per heavy atom. The Hall–Kier alpha value is -3.66. The van der Waals surface area contributed by atoms with Gasteiger partial charge in [-0.2, -0.15) is 0 Å². The fourth-order valence-corrected chi connectivity index (χ4v) is 3.41. The number of phenolic OH excluding ortho intramolecular Hbond substituents is 1. The molecule has 0 amide bonds. The Morgan fingerprint density at radius 1 is 0.731 bits per heavy atom. The van der Waals surface area contributed by atoms with Crippen molar-refractivity contribution in [1.82, 2.24) is 14.5 Å².